The second kappa shape index (κ2) is 6.09. The van der Waals surface area contributed by atoms with Crippen molar-refractivity contribution in [3.63, 3.8) is 0 Å². The van der Waals surface area contributed by atoms with E-state index in [-0.39, 0.29) is 0 Å². The van der Waals surface area contributed by atoms with Crippen LogP contribution in [0.3, 0.4) is 0 Å². The summed E-state index contributed by atoms with van der Waals surface area (Å²) in [5.74, 6) is 0. The number of hydrogen-bond donors (Lipinski definition) is 0. The maximum Gasteiger partial charge on any atom is 0.222 e. The van der Waals surface area contributed by atoms with Gasteiger partial charge < -0.3 is 0 Å². The van der Waals surface area contributed by atoms with Crippen molar-refractivity contribution in [2.75, 3.05) is 6.54 Å². The highest BCUT2D eigenvalue weighted by Gasteiger charge is 1.95. The van der Waals surface area contributed by atoms with E-state index >= 15 is 0 Å². The predicted molar refractivity (Wildman–Crippen MR) is 37.9 cm³/mol. The zero-order chi connectivity index (χ0) is 7.82. The van der Waals surface area contributed by atoms with Crippen LogP contribution in [0.2, 0.25) is 0 Å². The molecular weight excluding hydrogens is 128 g/mol. The molecule has 0 unspecified atom stereocenters. The molecule has 0 saturated carbocycles. The van der Waals surface area contributed by atoms with E-state index in [1.807, 2.05) is 0 Å². The number of carbonyl (C=O) groups is 1. The molecule has 0 aliphatic rings. The Morgan fingerprint density at radius 3 is 2.70 bits per heavy atom. The largest absolute Gasteiger partial charge is 0.278 e. The number of nitrogens with zero attached hydrogens (tertiary/aromatic N) is 2. The van der Waals surface area contributed by atoms with Gasteiger partial charge in [-0.05, 0) is 6.42 Å². The lowest BCUT2D eigenvalue weighted by Gasteiger charge is -2.04. The first-order chi connectivity index (χ1) is 4.85. The highest BCUT2D eigenvalue weighted by Crippen LogP contribution is 1.94. The van der Waals surface area contributed by atoms with E-state index in [0.717, 1.165) is 24.2 Å². The minimum atomic E-state index is 0.563. The van der Waals surface area contributed by atoms with E-state index in [1.165, 1.54) is 0 Å². The first-order valence-electron chi connectivity index (χ1n) is 3.46. The van der Waals surface area contributed by atoms with Gasteiger partial charge >= 0.3 is 0 Å². The number of rotatable bonds is 5. The second-order valence-corrected chi connectivity index (χ2v) is 2.11. The van der Waals surface area contributed by atoms with Crippen LogP contribution in [-0.4, -0.2) is 17.9 Å². The highest BCUT2D eigenvalue weighted by atomic mass is 16.1. The molecule has 0 aliphatic carbocycles. The third kappa shape index (κ3) is 3.90. The van der Waals surface area contributed by atoms with Gasteiger partial charge in [0.15, 0.2) is 6.19 Å². The molecule has 0 aromatic heterocycles. The van der Waals surface area contributed by atoms with Crippen LogP contribution in [0.4, 0.5) is 0 Å². The summed E-state index contributed by atoms with van der Waals surface area (Å²) in [4.78, 5) is 11.1. The quantitative estimate of drug-likeness (QED) is 0.248. The average molecular weight is 140 g/mol. The summed E-state index contributed by atoms with van der Waals surface area (Å²) in [5, 5.41) is 8.27. The zero-order valence-electron chi connectivity index (χ0n) is 6.21. The molecule has 0 aromatic carbocycles. The average Bonchev–Trinajstić information content (AvgIpc) is 1.99. The normalized spacial score (nSPS) is 8.40. The molecule has 0 aliphatic heterocycles. The van der Waals surface area contributed by atoms with Crippen LogP contribution in [0.1, 0.15) is 26.2 Å². The fourth-order valence-corrected chi connectivity index (χ4v) is 0.658. The Bertz CT molecular complexity index is 128. The fourth-order valence-electron chi connectivity index (χ4n) is 0.658. The molecule has 0 bridgehead atoms. The fraction of sp³-hybridized carbons (Fsp3) is 0.714. The van der Waals surface area contributed by atoms with Crippen LogP contribution in [-0.2, 0) is 4.79 Å². The third-order valence-corrected chi connectivity index (χ3v) is 1.26. The van der Waals surface area contributed by atoms with Gasteiger partial charge in [-0.15, -0.1) is 0 Å². The Morgan fingerprint density at radius 2 is 2.30 bits per heavy atom. The first kappa shape index (κ1) is 8.96. The molecule has 3 nitrogen and oxygen atoms in total. The van der Waals surface area contributed by atoms with Crippen LogP contribution in [0.15, 0.2) is 0 Å². The van der Waals surface area contributed by atoms with Gasteiger partial charge in [0.1, 0.15) is 0 Å². The summed E-state index contributed by atoms with van der Waals surface area (Å²) in [6, 6.07) is 0. The minimum absolute atomic E-state index is 0.563. The lowest BCUT2D eigenvalue weighted by molar-refractivity contribution is -0.115. The van der Waals surface area contributed by atoms with E-state index in [1.54, 1.807) is 6.19 Å². The van der Waals surface area contributed by atoms with Crippen molar-refractivity contribution in [3.05, 3.63) is 0 Å². The summed E-state index contributed by atoms with van der Waals surface area (Å²) in [7, 11) is 0. The summed E-state index contributed by atoms with van der Waals surface area (Å²) < 4.78 is 0. The zero-order valence-corrected chi connectivity index (χ0v) is 6.21. The van der Waals surface area contributed by atoms with Gasteiger partial charge in [-0.3, -0.25) is 9.69 Å². The summed E-state index contributed by atoms with van der Waals surface area (Å²) in [5.41, 5.74) is 0. The van der Waals surface area contributed by atoms with Crippen molar-refractivity contribution in [1.29, 1.82) is 5.26 Å². The topological polar surface area (TPSA) is 44.1 Å². The molecule has 1 amide bonds. The van der Waals surface area contributed by atoms with Crippen LogP contribution in [0.5, 0.6) is 0 Å². The molecule has 0 saturated heterocycles. The van der Waals surface area contributed by atoms with E-state index < -0.39 is 0 Å². The van der Waals surface area contributed by atoms with Gasteiger partial charge in [-0.25, -0.2) is 0 Å². The molecule has 0 aromatic rings. The Labute approximate surface area is 61.2 Å². The third-order valence-electron chi connectivity index (χ3n) is 1.26. The summed E-state index contributed by atoms with van der Waals surface area (Å²) in [6.07, 6.45) is 5.45. The van der Waals surface area contributed by atoms with Crippen molar-refractivity contribution in [2.45, 2.75) is 26.2 Å². The molecule has 0 atom stereocenters. The number of amides is 1. The Hall–Kier alpha value is -1.04. The van der Waals surface area contributed by atoms with Gasteiger partial charge in [0.25, 0.3) is 0 Å². The van der Waals surface area contributed by atoms with E-state index in [0.29, 0.717) is 13.0 Å². The summed E-state index contributed by atoms with van der Waals surface area (Å²) >= 11 is 0. The van der Waals surface area contributed by atoms with E-state index in [9.17, 15) is 4.79 Å². The molecule has 0 rings (SSSR count). The van der Waals surface area contributed by atoms with Crippen molar-refractivity contribution in [2.24, 2.45) is 0 Å². The molecule has 3 heteroatoms. The molecule has 56 valence electrons. The van der Waals surface area contributed by atoms with Crippen LogP contribution >= 0.6 is 0 Å². The molecule has 0 radical (unpaired) electrons. The number of unbranched alkanes of at least 4 members (excludes halogenated alkanes) is 2. The molecule has 0 fully saturated rings. The van der Waals surface area contributed by atoms with Crippen molar-refractivity contribution < 1.29 is 4.79 Å². The Kier molecular flexibility index (Phi) is 5.45. The minimum Gasteiger partial charge on any atom is -0.278 e. The molecule has 0 spiro atoms. The van der Waals surface area contributed by atoms with Gasteiger partial charge in [-0.2, -0.15) is 5.26 Å². The monoisotopic (exact) mass is 140 g/mol. The Balaban J connectivity index is 3.28. The molecular formula is C7H12N2O. The van der Waals surface area contributed by atoms with E-state index in [4.69, 9.17) is 5.26 Å². The van der Waals surface area contributed by atoms with Gasteiger partial charge in [0.2, 0.25) is 6.41 Å². The van der Waals surface area contributed by atoms with Gasteiger partial charge in [0, 0.05) is 6.54 Å². The predicted octanol–water partition coefficient (Wildman–Crippen LogP) is 1.12. The smallest absolute Gasteiger partial charge is 0.222 e. The second-order valence-electron chi connectivity index (χ2n) is 2.11. The maximum absolute atomic E-state index is 10.0. The first-order valence-corrected chi connectivity index (χ1v) is 3.46. The number of hydrogen-bond acceptors (Lipinski definition) is 2. The van der Waals surface area contributed by atoms with Crippen LogP contribution in [0, 0.1) is 11.5 Å². The van der Waals surface area contributed by atoms with Gasteiger partial charge in [-0.1, -0.05) is 19.8 Å². The lowest BCUT2D eigenvalue weighted by Crippen LogP contribution is -2.16. The summed E-state index contributed by atoms with van der Waals surface area (Å²) in [6.45, 7) is 2.64. The standard InChI is InChI=1S/C7H12N2O/c1-2-3-4-5-9(6-8)7-10/h7H,2-5H2,1H3. The molecule has 0 N–H and O–H groups in total. The van der Waals surface area contributed by atoms with Crippen LogP contribution < -0.4 is 0 Å². The SMILES string of the molecule is CCCCCN(C#N)C=O. The molecule has 0 heterocycles. The van der Waals surface area contributed by atoms with E-state index in [2.05, 4.69) is 6.92 Å². The van der Waals surface area contributed by atoms with Crippen molar-refractivity contribution >= 4 is 6.41 Å². The highest BCUT2D eigenvalue weighted by molar-refractivity contribution is 5.49. The van der Waals surface area contributed by atoms with Crippen molar-refractivity contribution in [3.8, 4) is 6.19 Å². The lowest BCUT2D eigenvalue weighted by atomic mass is 10.2. The van der Waals surface area contributed by atoms with Gasteiger partial charge in [0.05, 0.1) is 0 Å². The van der Waals surface area contributed by atoms with Crippen molar-refractivity contribution in [1.82, 2.24) is 4.90 Å². The molecule has 10 heavy (non-hydrogen) atoms. The Morgan fingerprint density at radius 1 is 1.60 bits per heavy atom. The van der Waals surface area contributed by atoms with Crippen LogP contribution in [0.25, 0.3) is 0 Å². The maximum atomic E-state index is 10.0. The number of carbonyl (C=O) groups excluding carboxylic acids is 1. The number of nitriles is 1.